The maximum absolute atomic E-state index is 8.45. The maximum atomic E-state index is 8.45. The van der Waals surface area contributed by atoms with Crippen molar-refractivity contribution in [3.05, 3.63) is 0 Å². The number of aliphatic hydroxyl groups excluding tert-OH is 2. The summed E-state index contributed by atoms with van der Waals surface area (Å²) >= 11 is 0. The van der Waals surface area contributed by atoms with Gasteiger partial charge in [0.25, 0.3) is 0 Å². The molecule has 0 spiro atoms. The topological polar surface area (TPSA) is 52.5 Å². The molecular formula is C4H12NNaO2. The summed E-state index contributed by atoms with van der Waals surface area (Å²) in [6, 6.07) is 0. The molecule has 0 rings (SSSR count). The van der Waals surface area contributed by atoms with Crippen molar-refractivity contribution in [3.63, 3.8) is 0 Å². The van der Waals surface area contributed by atoms with Gasteiger partial charge in [-0.25, -0.2) is 0 Å². The molecule has 8 heavy (non-hydrogen) atoms. The van der Waals surface area contributed by atoms with Crippen molar-refractivity contribution in [2.24, 2.45) is 0 Å². The van der Waals surface area contributed by atoms with Gasteiger partial charge >= 0.3 is 29.6 Å². The zero-order valence-corrected chi connectivity index (χ0v) is 4.55. The Kier molecular flexibility index (Phi) is 8.75. The van der Waals surface area contributed by atoms with Gasteiger partial charge in [0.15, 0.2) is 0 Å². The van der Waals surface area contributed by atoms with Crippen LogP contribution >= 0.6 is 0 Å². The van der Waals surface area contributed by atoms with Gasteiger partial charge in [0, 0.05) is 0 Å². The molecule has 0 bridgehead atoms. The van der Waals surface area contributed by atoms with Crippen molar-refractivity contribution in [1.82, 2.24) is 5.32 Å². The van der Waals surface area contributed by atoms with Crippen molar-refractivity contribution >= 4 is 29.6 Å². The molecular weight excluding hydrogens is 117 g/mol. The summed E-state index contributed by atoms with van der Waals surface area (Å²) in [5.41, 5.74) is 0. The quantitative estimate of drug-likeness (QED) is 0.317. The average Bonchev–Trinajstić information content (AvgIpc) is 1.27. The van der Waals surface area contributed by atoms with Crippen molar-refractivity contribution < 1.29 is 10.2 Å². The predicted molar refractivity (Wildman–Crippen MR) is 33.6 cm³/mol. The zero-order valence-electron chi connectivity index (χ0n) is 4.55. The Hall–Kier alpha value is 0.880. The van der Waals surface area contributed by atoms with E-state index in [0.717, 1.165) is 0 Å². The molecule has 3 nitrogen and oxygen atoms in total. The first kappa shape index (κ1) is 11.6. The third-order valence-corrected chi connectivity index (χ3v) is 0.482. The Morgan fingerprint density at radius 1 is 1.12 bits per heavy atom. The fourth-order valence-electron chi connectivity index (χ4n) is 0.349. The van der Waals surface area contributed by atoms with E-state index in [1.165, 1.54) is 0 Å². The van der Waals surface area contributed by atoms with Crippen LogP contribution < -0.4 is 5.32 Å². The van der Waals surface area contributed by atoms with Crippen LogP contribution in [0.4, 0.5) is 0 Å². The third-order valence-electron chi connectivity index (χ3n) is 0.482. The standard InChI is InChI=1S/C4H11NO2.Na.H/c1-3(6)5-4(2)7;;/h3-7H,1-2H3;;. The van der Waals surface area contributed by atoms with Gasteiger partial charge in [0.1, 0.15) is 12.5 Å². The number of rotatable bonds is 2. The number of hydrogen-bond acceptors (Lipinski definition) is 3. The Morgan fingerprint density at radius 2 is 1.38 bits per heavy atom. The van der Waals surface area contributed by atoms with Crippen LogP contribution in [0.25, 0.3) is 0 Å². The molecule has 0 aliphatic rings. The third kappa shape index (κ3) is 9.99. The van der Waals surface area contributed by atoms with Gasteiger partial charge in [-0.3, -0.25) is 5.32 Å². The summed E-state index contributed by atoms with van der Waals surface area (Å²) in [6.07, 6.45) is -1.25. The Labute approximate surface area is 71.4 Å². The summed E-state index contributed by atoms with van der Waals surface area (Å²) in [6.45, 7) is 3.10. The van der Waals surface area contributed by atoms with E-state index in [9.17, 15) is 0 Å². The normalized spacial score (nSPS) is 16.5. The van der Waals surface area contributed by atoms with E-state index in [1.807, 2.05) is 0 Å². The van der Waals surface area contributed by atoms with E-state index in [-0.39, 0.29) is 29.6 Å². The second kappa shape index (κ2) is 6.01. The number of nitrogens with one attached hydrogen (secondary N) is 1. The van der Waals surface area contributed by atoms with E-state index >= 15 is 0 Å². The molecule has 2 unspecified atom stereocenters. The molecule has 46 valence electrons. The first-order valence-corrected chi connectivity index (χ1v) is 2.25. The molecule has 0 aromatic rings. The van der Waals surface area contributed by atoms with E-state index in [2.05, 4.69) is 5.32 Å². The van der Waals surface area contributed by atoms with E-state index < -0.39 is 12.5 Å². The molecule has 0 aliphatic heterocycles. The zero-order chi connectivity index (χ0) is 5.86. The van der Waals surface area contributed by atoms with Gasteiger partial charge in [-0.1, -0.05) is 0 Å². The van der Waals surface area contributed by atoms with Gasteiger partial charge < -0.3 is 10.2 Å². The van der Waals surface area contributed by atoms with Crippen LogP contribution in [0.5, 0.6) is 0 Å². The summed E-state index contributed by atoms with van der Waals surface area (Å²) in [7, 11) is 0. The summed E-state index contributed by atoms with van der Waals surface area (Å²) in [4.78, 5) is 0. The molecule has 0 aliphatic carbocycles. The molecule has 0 radical (unpaired) electrons. The minimum absolute atomic E-state index is 0. The molecule has 0 saturated carbocycles. The summed E-state index contributed by atoms with van der Waals surface area (Å²) < 4.78 is 0. The molecule has 0 amide bonds. The van der Waals surface area contributed by atoms with Gasteiger partial charge in [0.2, 0.25) is 0 Å². The Bertz CT molecular complexity index is 43.3. The van der Waals surface area contributed by atoms with Gasteiger partial charge in [-0.05, 0) is 13.8 Å². The van der Waals surface area contributed by atoms with Crippen LogP contribution in [0.15, 0.2) is 0 Å². The molecule has 2 atom stereocenters. The second-order valence-electron chi connectivity index (χ2n) is 1.52. The van der Waals surface area contributed by atoms with Crippen LogP contribution in [0.3, 0.4) is 0 Å². The van der Waals surface area contributed by atoms with Crippen molar-refractivity contribution in [2.45, 2.75) is 26.3 Å². The Morgan fingerprint density at radius 3 is 1.38 bits per heavy atom. The minimum atomic E-state index is -0.625. The number of hydrogen-bond donors (Lipinski definition) is 3. The van der Waals surface area contributed by atoms with Crippen LogP contribution in [0, 0.1) is 0 Å². The molecule has 0 fully saturated rings. The molecule has 0 aromatic carbocycles. The summed E-state index contributed by atoms with van der Waals surface area (Å²) in [5, 5.41) is 19.3. The van der Waals surface area contributed by atoms with Crippen LogP contribution in [-0.4, -0.2) is 52.2 Å². The average molecular weight is 129 g/mol. The van der Waals surface area contributed by atoms with Crippen molar-refractivity contribution in [2.75, 3.05) is 0 Å². The molecule has 0 heterocycles. The fourth-order valence-corrected chi connectivity index (χ4v) is 0.349. The van der Waals surface area contributed by atoms with E-state index in [0.29, 0.717) is 0 Å². The summed E-state index contributed by atoms with van der Waals surface area (Å²) in [5.74, 6) is 0. The van der Waals surface area contributed by atoms with Crippen molar-refractivity contribution in [1.29, 1.82) is 0 Å². The molecule has 0 saturated heterocycles. The molecule has 0 aromatic heterocycles. The first-order chi connectivity index (χ1) is 3.13. The first-order valence-electron chi connectivity index (χ1n) is 2.25. The Balaban J connectivity index is 0. The predicted octanol–water partition coefficient (Wildman–Crippen LogP) is -1.40. The molecule has 4 heteroatoms. The molecule has 3 N–H and O–H groups in total. The van der Waals surface area contributed by atoms with Gasteiger partial charge in [-0.15, -0.1) is 0 Å². The van der Waals surface area contributed by atoms with E-state index in [4.69, 9.17) is 10.2 Å². The van der Waals surface area contributed by atoms with Crippen LogP contribution in [0.2, 0.25) is 0 Å². The monoisotopic (exact) mass is 129 g/mol. The van der Waals surface area contributed by atoms with Gasteiger partial charge in [-0.2, -0.15) is 0 Å². The number of aliphatic hydroxyl groups is 2. The van der Waals surface area contributed by atoms with Crippen LogP contribution in [0.1, 0.15) is 13.8 Å². The fraction of sp³-hybridized carbons (Fsp3) is 1.00. The van der Waals surface area contributed by atoms with Gasteiger partial charge in [0.05, 0.1) is 0 Å². The van der Waals surface area contributed by atoms with Crippen LogP contribution in [-0.2, 0) is 0 Å². The SMILES string of the molecule is CC(O)NC(C)O.[NaH]. The van der Waals surface area contributed by atoms with Crippen molar-refractivity contribution in [3.8, 4) is 0 Å². The van der Waals surface area contributed by atoms with E-state index in [1.54, 1.807) is 13.8 Å². The second-order valence-corrected chi connectivity index (χ2v) is 1.52.